The van der Waals surface area contributed by atoms with Crippen molar-refractivity contribution in [2.24, 2.45) is 0 Å². The van der Waals surface area contributed by atoms with Gasteiger partial charge in [-0.15, -0.1) is 0 Å². The molecule has 1 saturated heterocycles. The molecular weight excluding hydrogens is 487 g/mol. The average molecular weight is 510 g/mol. The van der Waals surface area contributed by atoms with Gasteiger partial charge in [0.05, 0.1) is 11.0 Å². The Balaban J connectivity index is 1.92. The minimum atomic E-state index is -4.76. The van der Waals surface area contributed by atoms with Gasteiger partial charge in [-0.25, -0.2) is 13.8 Å². The van der Waals surface area contributed by atoms with Gasteiger partial charge in [0.25, 0.3) is 5.91 Å². The first-order valence-electron chi connectivity index (χ1n) is 11.2. The summed E-state index contributed by atoms with van der Waals surface area (Å²) in [6.07, 6.45) is -4.01. The van der Waals surface area contributed by atoms with E-state index in [-0.39, 0.29) is 17.6 Å². The summed E-state index contributed by atoms with van der Waals surface area (Å²) in [5.41, 5.74) is -3.51. The fraction of sp³-hybridized carbons (Fsp3) is 0.375. The SMILES string of the molecule is CC[C@H](NC(=O)c1cn(-c2c(F)cccc2F)c2nc(N3CCC(C)(O)C3)ccc2c1=O)C(F)(F)F. The van der Waals surface area contributed by atoms with Gasteiger partial charge in [0, 0.05) is 19.3 Å². The number of carbonyl (C=O) groups excluding carboxylic acids is 1. The van der Waals surface area contributed by atoms with Crippen LogP contribution >= 0.6 is 0 Å². The van der Waals surface area contributed by atoms with Crippen molar-refractivity contribution in [1.82, 2.24) is 14.9 Å². The Hall–Kier alpha value is -3.54. The number of fused-ring (bicyclic) bond motifs is 1. The zero-order valence-corrected chi connectivity index (χ0v) is 19.4. The van der Waals surface area contributed by atoms with E-state index in [9.17, 15) is 36.6 Å². The van der Waals surface area contributed by atoms with Crippen LogP contribution in [0.2, 0.25) is 0 Å². The largest absolute Gasteiger partial charge is 0.408 e. The second-order valence-corrected chi connectivity index (χ2v) is 9.00. The molecule has 1 unspecified atom stereocenters. The Bertz CT molecular complexity index is 1370. The van der Waals surface area contributed by atoms with Crippen LogP contribution in [-0.4, -0.2) is 51.5 Å². The van der Waals surface area contributed by atoms with Crippen molar-refractivity contribution in [1.29, 1.82) is 0 Å². The number of nitrogens with one attached hydrogen (secondary N) is 1. The van der Waals surface area contributed by atoms with Crippen LogP contribution in [-0.2, 0) is 0 Å². The highest BCUT2D eigenvalue weighted by atomic mass is 19.4. The van der Waals surface area contributed by atoms with Crippen LogP contribution in [0.1, 0.15) is 37.0 Å². The number of pyridine rings is 2. The van der Waals surface area contributed by atoms with E-state index in [0.29, 0.717) is 18.8 Å². The quantitative estimate of drug-likeness (QED) is 0.512. The van der Waals surface area contributed by atoms with E-state index in [1.807, 2.05) is 0 Å². The van der Waals surface area contributed by atoms with Crippen molar-refractivity contribution in [3.63, 3.8) is 0 Å². The first kappa shape index (κ1) is 25.5. The molecule has 0 spiro atoms. The monoisotopic (exact) mass is 510 g/mol. The lowest BCUT2D eigenvalue weighted by Crippen LogP contribution is -2.46. The van der Waals surface area contributed by atoms with Gasteiger partial charge in [-0.1, -0.05) is 13.0 Å². The fourth-order valence-electron chi connectivity index (χ4n) is 4.21. The van der Waals surface area contributed by atoms with Crippen molar-refractivity contribution in [3.8, 4) is 5.69 Å². The number of hydrogen-bond acceptors (Lipinski definition) is 5. The normalized spacial score (nSPS) is 19.1. The molecule has 0 bridgehead atoms. The number of rotatable bonds is 5. The number of hydrogen-bond donors (Lipinski definition) is 2. The van der Waals surface area contributed by atoms with E-state index in [1.165, 1.54) is 19.1 Å². The molecule has 12 heteroatoms. The maximum absolute atomic E-state index is 14.8. The van der Waals surface area contributed by atoms with Gasteiger partial charge in [0.1, 0.15) is 34.7 Å². The van der Waals surface area contributed by atoms with E-state index in [4.69, 9.17) is 0 Å². The van der Waals surface area contributed by atoms with Crippen molar-refractivity contribution in [2.45, 2.75) is 44.5 Å². The molecule has 36 heavy (non-hydrogen) atoms. The minimum absolute atomic E-state index is 0.201. The third-order valence-electron chi connectivity index (χ3n) is 6.14. The summed E-state index contributed by atoms with van der Waals surface area (Å²) in [4.78, 5) is 32.0. The average Bonchev–Trinajstić information content (AvgIpc) is 3.17. The highest BCUT2D eigenvalue weighted by molar-refractivity contribution is 5.97. The number of para-hydroxylation sites is 1. The molecule has 0 radical (unpaired) electrons. The van der Waals surface area contributed by atoms with Gasteiger partial charge in [-0.05, 0) is 44.0 Å². The lowest BCUT2D eigenvalue weighted by molar-refractivity contribution is -0.153. The molecule has 1 aliphatic heterocycles. The number of benzene rings is 1. The molecule has 0 saturated carbocycles. The van der Waals surface area contributed by atoms with Crippen molar-refractivity contribution in [2.75, 3.05) is 18.0 Å². The predicted octanol–water partition coefficient (Wildman–Crippen LogP) is 3.70. The molecule has 0 aliphatic carbocycles. The summed E-state index contributed by atoms with van der Waals surface area (Å²) < 4.78 is 70.0. The number of anilines is 1. The third-order valence-corrected chi connectivity index (χ3v) is 6.14. The molecule has 4 rings (SSSR count). The molecule has 2 atom stereocenters. The van der Waals surface area contributed by atoms with Crippen molar-refractivity contribution >= 4 is 22.8 Å². The lowest BCUT2D eigenvalue weighted by Gasteiger charge is -2.22. The summed E-state index contributed by atoms with van der Waals surface area (Å²) in [6, 6.07) is 3.55. The van der Waals surface area contributed by atoms with Crippen LogP contribution in [0.15, 0.2) is 41.3 Å². The van der Waals surface area contributed by atoms with E-state index in [1.54, 1.807) is 17.1 Å². The van der Waals surface area contributed by atoms with E-state index in [2.05, 4.69) is 4.98 Å². The molecule has 1 fully saturated rings. The van der Waals surface area contributed by atoms with Crippen LogP contribution in [0.25, 0.3) is 16.7 Å². The topological polar surface area (TPSA) is 87.5 Å². The molecule has 2 aromatic heterocycles. The molecule has 3 aromatic rings. The first-order valence-corrected chi connectivity index (χ1v) is 11.2. The zero-order chi connectivity index (χ0) is 26.4. The Morgan fingerprint density at radius 2 is 1.89 bits per heavy atom. The van der Waals surface area contributed by atoms with Crippen LogP contribution in [0.4, 0.5) is 27.8 Å². The maximum atomic E-state index is 14.8. The molecular formula is C24H23F5N4O3. The zero-order valence-electron chi connectivity index (χ0n) is 19.4. The maximum Gasteiger partial charge on any atom is 0.408 e. The number of amides is 1. The van der Waals surface area contributed by atoms with Gasteiger partial charge in [0.15, 0.2) is 5.65 Å². The Morgan fingerprint density at radius 1 is 1.22 bits per heavy atom. The van der Waals surface area contributed by atoms with Crippen molar-refractivity contribution < 1.29 is 31.9 Å². The van der Waals surface area contributed by atoms with Crippen LogP contribution in [0, 0.1) is 11.6 Å². The number of aromatic nitrogens is 2. The summed E-state index contributed by atoms with van der Waals surface area (Å²) in [6.45, 7) is 3.52. The van der Waals surface area contributed by atoms with E-state index >= 15 is 0 Å². The Labute approximate surface area is 202 Å². The summed E-state index contributed by atoms with van der Waals surface area (Å²) >= 11 is 0. The number of halogens is 5. The van der Waals surface area contributed by atoms with Gasteiger partial charge in [-0.3, -0.25) is 14.2 Å². The summed E-state index contributed by atoms with van der Waals surface area (Å²) in [5.74, 6) is -3.10. The fourth-order valence-corrected chi connectivity index (χ4v) is 4.21. The molecule has 1 amide bonds. The van der Waals surface area contributed by atoms with Gasteiger partial charge in [-0.2, -0.15) is 13.2 Å². The highest BCUT2D eigenvalue weighted by Gasteiger charge is 2.40. The van der Waals surface area contributed by atoms with Crippen LogP contribution in [0.5, 0.6) is 0 Å². The summed E-state index contributed by atoms with van der Waals surface area (Å²) in [5, 5.41) is 11.8. The first-order chi connectivity index (χ1) is 16.8. The number of aliphatic hydroxyl groups is 1. The third kappa shape index (κ3) is 4.77. The molecule has 3 heterocycles. The molecule has 1 aliphatic rings. The van der Waals surface area contributed by atoms with Gasteiger partial charge >= 0.3 is 6.18 Å². The lowest BCUT2D eigenvalue weighted by atomic mass is 10.1. The Morgan fingerprint density at radius 3 is 2.44 bits per heavy atom. The number of β-amino-alcohol motifs (C(OH)–C–C–N with tert-alkyl or cyclic N) is 1. The highest BCUT2D eigenvalue weighted by Crippen LogP contribution is 2.28. The molecule has 7 nitrogen and oxygen atoms in total. The van der Waals surface area contributed by atoms with Crippen LogP contribution in [0.3, 0.4) is 0 Å². The molecule has 1 aromatic carbocycles. The minimum Gasteiger partial charge on any atom is -0.388 e. The van der Waals surface area contributed by atoms with Gasteiger partial charge in [0.2, 0.25) is 5.43 Å². The van der Waals surface area contributed by atoms with Crippen LogP contribution < -0.4 is 15.6 Å². The second-order valence-electron chi connectivity index (χ2n) is 9.00. The van der Waals surface area contributed by atoms with Gasteiger partial charge < -0.3 is 15.3 Å². The number of nitrogens with zero attached hydrogens (tertiary/aromatic N) is 3. The number of carbonyl (C=O) groups is 1. The van der Waals surface area contributed by atoms with Crippen molar-refractivity contribution in [3.05, 3.63) is 63.9 Å². The molecule has 2 N–H and O–H groups in total. The molecule has 192 valence electrons. The van der Waals surface area contributed by atoms with E-state index in [0.717, 1.165) is 29.0 Å². The number of alkyl halides is 3. The second kappa shape index (κ2) is 9.16. The summed E-state index contributed by atoms with van der Waals surface area (Å²) in [7, 11) is 0. The standard InChI is InChI=1S/C24H23F5N4O3/c1-3-17(24(27,28)29)30-22(35)14-11-33(19-15(25)5-4-6-16(19)26)21-13(20(14)34)7-8-18(31-21)32-10-9-23(2,36)12-32/h4-8,11,17,36H,3,9-10,12H2,1-2H3,(H,30,35)/t17-,23?/m0/s1. The van der Waals surface area contributed by atoms with E-state index < -0.39 is 58.5 Å². The smallest absolute Gasteiger partial charge is 0.388 e. The Kier molecular flexibility index (Phi) is 6.50. The predicted molar refractivity (Wildman–Crippen MR) is 122 cm³/mol.